The summed E-state index contributed by atoms with van der Waals surface area (Å²) in [5, 5.41) is 0. The van der Waals surface area contributed by atoms with Crippen LogP contribution in [0.4, 0.5) is 0 Å². The van der Waals surface area contributed by atoms with Crippen molar-refractivity contribution < 1.29 is 57.1 Å². The fraction of sp³-hybridized carbons (Fsp3) is 0.818. The van der Waals surface area contributed by atoms with Gasteiger partial charge in [0.25, 0.3) is 0 Å². The van der Waals surface area contributed by atoms with Crippen molar-refractivity contribution in [3.8, 4) is 0 Å². The fourth-order valence-corrected chi connectivity index (χ4v) is 6.81. The van der Waals surface area contributed by atoms with Crippen LogP contribution in [0.1, 0.15) is 131 Å². The zero-order valence-electron chi connectivity index (χ0n) is 36.0. The van der Waals surface area contributed by atoms with Crippen LogP contribution in [0.15, 0.2) is 24.3 Å². The number of hydrogen-bond donors (Lipinski definition) is 0. The average Bonchev–Trinajstić information content (AvgIpc) is 3.94. The largest absolute Gasteiger partial charge is 0.463 e. The Labute approximate surface area is 339 Å². The third kappa shape index (κ3) is 28.6. The number of methoxy groups -OCH3 is 1. The van der Waals surface area contributed by atoms with Crippen molar-refractivity contribution in [1.29, 1.82) is 0 Å². The number of hydrogen-bond acceptors (Lipinski definition) is 12. The van der Waals surface area contributed by atoms with E-state index in [-0.39, 0.29) is 51.2 Å². The van der Waals surface area contributed by atoms with Crippen molar-refractivity contribution >= 4 is 23.9 Å². The van der Waals surface area contributed by atoms with Gasteiger partial charge < -0.3 is 37.9 Å². The standard InChI is InChI=1S/C16H28O6.C15H26O6.C10H16.C3H8/c1-4-19-9-5-6-10-20-12-13-21-15(17)8-7-11-22-16(18)14(2)3;1-13(2)15(17)21-10-6-7-14(16)20-12-11-19-9-5-4-8-18-3;1-2-9-7-4-5-8(6-7)10(9)3-1;1-3-2/h2,4-13H2,1,3H3;1,4-12H2,2-3H3;7-10H,1-6H2;3H2,1-2H3. The molecule has 0 aromatic heterocycles. The first-order valence-corrected chi connectivity index (χ1v) is 21.2. The number of carbonyl (C=O) groups excluding carboxylic acids is 4. The first-order chi connectivity index (χ1) is 27.0. The molecule has 4 unspecified atom stereocenters. The first-order valence-electron chi connectivity index (χ1n) is 21.2. The molecule has 3 fully saturated rings. The van der Waals surface area contributed by atoms with Crippen LogP contribution in [0.25, 0.3) is 0 Å². The SMILES string of the molecule is C1CC2C3CCC(C3)C2C1.C=C(C)C(=O)OCCCC(=O)OCCOCCCCOC.C=C(C)C(=O)OCCCC(=O)OCCOCCCCOCC.CCC. The van der Waals surface area contributed by atoms with Crippen molar-refractivity contribution in [3.63, 3.8) is 0 Å². The molecule has 3 aliphatic carbocycles. The Kier molecular flexibility index (Phi) is 34.7. The predicted molar refractivity (Wildman–Crippen MR) is 218 cm³/mol. The molecule has 3 aliphatic rings. The van der Waals surface area contributed by atoms with Crippen LogP contribution in [0.2, 0.25) is 0 Å². The third-order valence-electron chi connectivity index (χ3n) is 9.46. The molecule has 56 heavy (non-hydrogen) atoms. The molecule has 12 nitrogen and oxygen atoms in total. The summed E-state index contributed by atoms with van der Waals surface area (Å²) in [4.78, 5) is 44.9. The number of esters is 4. The molecule has 0 amide bonds. The van der Waals surface area contributed by atoms with Crippen LogP contribution in [0.3, 0.4) is 0 Å². The van der Waals surface area contributed by atoms with Crippen molar-refractivity contribution in [1.82, 2.24) is 0 Å². The van der Waals surface area contributed by atoms with Gasteiger partial charge in [0.1, 0.15) is 13.2 Å². The van der Waals surface area contributed by atoms with Gasteiger partial charge in [-0.3, -0.25) is 9.59 Å². The lowest BCUT2D eigenvalue weighted by molar-refractivity contribution is -0.147. The highest BCUT2D eigenvalue weighted by molar-refractivity contribution is 5.87. The van der Waals surface area contributed by atoms with Gasteiger partial charge >= 0.3 is 23.9 Å². The van der Waals surface area contributed by atoms with E-state index in [1.165, 1.54) is 30.1 Å². The third-order valence-corrected chi connectivity index (χ3v) is 9.46. The highest BCUT2D eigenvalue weighted by Crippen LogP contribution is 2.58. The predicted octanol–water partition coefficient (Wildman–Crippen LogP) is 8.38. The molecule has 326 valence electrons. The van der Waals surface area contributed by atoms with Gasteiger partial charge in [-0.1, -0.05) is 39.8 Å². The first kappa shape index (κ1) is 53.2. The second kappa shape index (κ2) is 36.5. The summed E-state index contributed by atoms with van der Waals surface area (Å²) in [6.07, 6.45) is 15.9. The molecule has 0 aromatic carbocycles. The Bertz CT molecular complexity index is 1040. The van der Waals surface area contributed by atoms with E-state index in [2.05, 4.69) is 27.0 Å². The Morgan fingerprint density at radius 3 is 1.32 bits per heavy atom. The molecule has 0 aromatic rings. The number of ether oxygens (including phenoxy) is 8. The van der Waals surface area contributed by atoms with E-state index in [4.69, 9.17) is 37.9 Å². The average molecular weight is 799 g/mol. The van der Waals surface area contributed by atoms with E-state index in [0.29, 0.717) is 50.4 Å². The summed E-state index contributed by atoms with van der Waals surface area (Å²) in [6, 6.07) is 0. The van der Waals surface area contributed by atoms with Gasteiger partial charge in [0.2, 0.25) is 0 Å². The summed E-state index contributed by atoms with van der Waals surface area (Å²) in [5.41, 5.74) is 0.696. The number of unbranched alkanes of at least 4 members (excludes halogenated alkanes) is 2. The second-order valence-electron chi connectivity index (χ2n) is 14.6. The zero-order valence-corrected chi connectivity index (χ0v) is 36.0. The van der Waals surface area contributed by atoms with Gasteiger partial charge in [0, 0.05) is 64.1 Å². The van der Waals surface area contributed by atoms with Crippen LogP contribution in [-0.4, -0.2) is 104 Å². The Hall–Kier alpha value is -2.80. The number of rotatable bonds is 27. The number of carbonyl (C=O) groups is 4. The van der Waals surface area contributed by atoms with Gasteiger partial charge in [-0.25, -0.2) is 9.59 Å². The topological polar surface area (TPSA) is 142 Å². The normalized spacial score (nSPS) is 18.5. The lowest BCUT2D eigenvalue weighted by atomic mass is 9.82. The quantitative estimate of drug-likeness (QED) is 0.0341. The molecule has 0 N–H and O–H groups in total. The van der Waals surface area contributed by atoms with Gasteiger partial charge in [0.15, 0.2) is 0 Å². The maximum atomic E-state index is 11.4. The summed E-state index contributed by atoms with van der Waals surface area (Å²) in [7, 11) is 1.67. The van der Waals surface area contributed by atoms with E-state index in [0.717, 1.165) is 45.5 Å². The van der Waals surface area contributed by atoms with E-state index in [9.17, 15) is 19.2 Å². The van der Waals surface area contributed by atoms with Crippen LogP contribution in [-0.2, 0) is 57.1 Å². The molecule has 3 saturated carbocycles. The Balaban J connectivity index is 0.000000818. The van der Waals surface area contributed by atoms with Crippen LogP contribution >= 0.6 is 0 Å². The van der Waals surface area contributed by atoms with Crippen LogP contribution in [0.5, 0.6) is 0 Å². The molecular formula is C44H78O12. The van der Waals surface area contributed by atoms with Crippen molar-refractivity contribution in [3.05, 3.63) is 24.3 Å². The zero-order chi connectivity index (χ0) is 41.8. The van der Waals surface area contributed by atoms with Crippen LogP contribution in [0, 0.1) is 23.7 Å². The second-order valence-corrected chi connectivity index (χ2v) is 14.6. The minimum absolute atomic E-state index is 0.191. The molecule has 0 radical (unpaired) electrons. The van der Waals surface area contributed by atoms with Crippen LogP contribution < -0.4 is 0 Å². The minimum Gasteiger partial charge on any atom is -0.463 e. The fourth-order valence-electron chi connectivity index (χ4n) is 6.81. The molecule has 0 aliphatic heterocycles. The summed E-state index contributed by atoms with van der Waals surface area (Å²) < 4.78 is 40.5. The maximum absolute atomic E-state index is 11.4. The minimum atomic E-state index is -0.440. The lowest BCUT2D eigenvalue weighted by Gasteiger charge is -2.23. The summed E-state index contributed by atoms with van der Waals surface area (Å²) >= 11 is 0. The van der Waals surface area contributed by atoms with E-state index in [1.54, 1.807) is 59.5 Å². The lowest BCUT2D eigenvalue weighted by Crippen LogP contribution is -2.15. The van der Waals surface area contributed by atoms with E-state index in [1.807, 2.05) is 6.92 Å². The highest BCUT2D eigenvalue weighted by Gasteiger charge is 2.48. The van der Waals surface area contributed by atoms with Crippen molar-refractivity contribution in [2.45, 2.75) is 131 Å². The Morgan fingerprint density at radius 1 is 0.518 bits per heavy atom. The summed E-state index contributed by atoms with van der Waals surface area (Å²) in [5.74, 6) is 3.29. The van der Waals surface area contributed by atoms with E-state index >= 15 is 0 Å². The highest BCUT2D eigenvalue weighted by atomic mass is 16.6. The molecule has 2 bridgehead atoms. The molecule has 12 heteroatoms. The van der Waals surface area contributed by atoms with Gasteiger partial charge in [-0.05, 0) is 115 Å². The molecular weight excluding hydrogens is 720 g/mol. The summed E-state index contributed by atoms with van der Waals surface area (Å²) in [6.45, 7) is 21.5. The molecule has 0 saturated heterocycles. The monoisotopic (exact) mass is 799 g/mol. The van der Waals surface area contributed by atoms with Crippen molar-refractivity contribution in [2.75, 3.05) is 79.8 Å². The maximum Gasteiger partial charge on any atom is 0.333 e. The van der Waals surface area contributed by atoms with E-state index < -0.39 is 11.9 Å². The molecule has 4 atom stereocenters. The van der Waals surface area contributed by atoms with Gasteiger partial charge in [0.05, 0.1) is 26.4 Å². The van der Waals surface area contributed by atoms with Gasteiger partial charge in [-0.2, -0.15) is 0 Å². The Morgan fingerprint density at radius 2 is 0.929 bits per heavy atom. The number of fused-ring (bicyclic) bond motifs is 5. The van der Waals surface area contributed by atoms with Crippen molar-refractivity contribution in [2.24, 2.45) is 23.7 Å². The van der Waals surface area contributed by atoms with Gasteiger partial charge in [-0.15, -0.1) is 0 Å². The smallest absolute Gasteiger partial charge is 0.333 e. The molecule has 0 heterocycles. The molecule has 0 spiro atoms. The molecule has 3 rings (SSSR count).